The van der Waals surface area contributed by atoms with Crippen molar-refractivity contribution in [2.45, 2.75) is 33.4 Å². The average Bonchev–Trinajstić information content (AvgIpc) is 2.81. The molecule has 0 fully saturated rings. The molecule has 102 valence electrons. The summed E-state index contributed by atoms with van der Waals surface area (Å²) in [5.74, 6) is 2.43. The Kier molecular flexibility index (Phi) is 4.22. The Morgan fingerprint density at radius 1 is 1.37 bits per heavy atom. The topological polar surface area (TPSA) is 47.3 Å². The number of hydrogen-bond donors (Lipinski definition) is 1. The SMILES string of the molecule is COc1ccc(C)cc1[C@H](C)NCc1ncc(C)o1. The highest BCUT2D eigenvalue weighted by Crippen LogP contribution is 2.26. The predicted octanol–water partition coefficient (Wildman–Crippen LogP) is 3.15. The van der Waals surface area contributed by atoms with E-state index < -0.39 is 0 Å². The smallest absolute Gasteiger partial charge is 0.208 e. The Morgan fingerprint density at radius 3 is 2.79 bits per heavy atom. The molecular formula is C15H20N2O2. The first-order valence-electron chi connectivity index (χ1n) is 6.39. The first kappa shape index (κ1) is 13.6. The van der Waals surface area contributed by atoms with E-state index in [1.807, 2.05) is 19.1 Å². The molecule has 19 heavy (non-hydrogen) atoms. The van der Waals surface area contributed by atoms with Crippen molar-refractivity contribution >= 4 is 0 Å². The van der Waals surface area contributed by atoms with E-state index in [1.54, 1.807) is 13.3 Å². The lowest BCUT2D eigenvalue weighted by molar-refractivity contribution is 0.394. The fourth-order valence-corrected chi connectivity index (χ4v) is 2.03. The van der Waals surface area contributed by atoms with Gasteiger partial charge in [0.1, 0.15) is 11.5 Å². The van der Waals surface area contributed by atoms with Gasteiger partial charge in [0.05, 0.1) is 19.9 Å². The molecule has 0 saturated carbocycles. The third-order valence-corrected chi connectivity index (χ3v) is 3.08. The number of methoxy groups -OCH3 is 1. The molecule has 0 aliphatic heterocycles. The number of rotatable bonds is 5. The highest BCUT2D eigenvalue weighted by molar-refractivity contribution is 5.38. The second kappa shape index (κ2) is 5.89. The lowest BCUT2D eigenvalue weighted by Crippen LogP contribution is -2.19. The van der Waals surface area contributed by atoms with Gasteiger partial charge in [0.2, 0.25) is 5.89 Å². The summed E-state index contributed by atoms with van der Waals surface area (Å²) >= 11 is 0. The molecule has 0 saturated heterocycles. The van der Waals surface area contributed by atoms with Crippen molar-refractivity contribution in [2.75, 3.05) is 7.11 Å². The number of benzene rings is 1. The van der Waals surface area contributed by atoms with Gasteiger partial charge in [-0.05, 0) is 26.8 Å². The van der Waals surface area contributed by atoms with E-state index in [1.165, 1.54) is 5.56 Å². The number of nitrogens with one attached hydrogen (secondary N) is 1. The monoisotopic (exact) mass is 260 g/mol. The van der Waals surface area contributed by atoms with Gasteiger partial charge in [-0.25, -0.2) is 4.98 Å². The van der Waals surface area contributed by atoms with E-state index in [-0.39, 0.29) is 6.04 Å². The summed E-state index contributed by atoms with van der Waals surface area (Å²) in [5.41, 5.74) is 2.36. The summed E-state index contributed by atoms with van der Waals surface area (Å²) in [7, 11) is 1.69. The molecule has 1 aromatic carbocycles. The van der Waals surface area contributed by atoms with Crippen LogP contribution in [-0.2, 0) is 6.54 Å². The zero-order valence-corrected chi connectivity index (χ0v) is 11.9. The van der Waals surface area contributed by atoms with Crippen molar-refractivity contribution in [1.82, 2.24) is 10.3 Å². The molecule has 1 N–H and O–H groups in total. The summed E-state index contributed by atoms with van der Waals surface area (Å²) in [6, 6.07) is 6.35. The van der Waals surface area contributed by atoms with Crippen LogP contribution in [0.15, 0.2) is 28.8 Å². The van der Waals surface area contributed by atoms with Gasteiger partial charge in [0, 0.05) is 11.6 Å². The van der Waals surface area contributed by atoms with Gasteiger partial charge in [-0.15, -0.1) is 0 Å². The van der Waals surface area contributed by atoms with Crippen LogP contribution in [0.3, 0.4) is 0 Å². The van der Waals surface area contributed by atoms with Gasteiger partial charge < -0.3 is 14.5 Å². The van der Waals surface area contributed by atoms with Gasteiger partial charge >= 0.3 is 0 Å². The Hall–Kier alpha value is -1.81. The van der Waals surface area contributed by atoms with Crippen LogP contribution >= 0.6 is 0 Å². The number of hydrogen-bond acceptors (Lipinski definition) is 4. The molecule has 1 heterocycles. The van der Waals surface area contributed by atoms with Crippen LogP contribution in [0.4, 0.5) is 0 Å². The third kappa shape index (κ3) is 3.35. The fourth-order valence-electron chi connectivity index (χ4n) is 2.03. The zero-order valence-electron chi connectivity index (χ0n) is 11.9. The van der Waals surface area contributed by atoms with Gasteiger partial charge in [0.15, 0.2) is 0 Å². The van der Waals surface area contributed by atoms with Crippen molar-refractivity contribution in [2.24, 2.45) is 0 Å². The molecule has 1 aromatic heterocycles. The van der Waals surface area contributed by atoms with Crippen molar-refractivity contribution in [3.63, 3.8) is 0 Å². The van der Waals surface area contributed by atoms with Crippen LogP contribution in [0.5, 0.6) is 5.75 Å². The molecule has 0 spiro atoms. The lowest BCUT2D eigenvalue weighted by atomic mass is 10.0. The largest absolute Gasteiger partial charge is 0.496 e. The van der Waals surface area contributed by atoms with Crippen LogP contribution in [0, 0.1) is 13.8 Å². The van der Waals surface area contributed by atoms with Crippen LogP contribution in [0.1, 0.15) is 35.7 Å². The summed E-state index contributed by atoms with van der Waals surface area (Å²) in [4.78, 5) is 4.18. The minimum atomic E-state index is 0.169. The van der Waals surface area contributed by atoms with E-state index in [0.717, 1.165) is 17.1 Å². The van der Waals surface area contributed by atoms with Crippen molar-refractivity contribution < 1.29 is 9.15 Å². The molecule has 0 aliphatic rings. The van der Waals surface area contributed by atoms with Gasteiger partial charge in [0.25, 0.3) is 0 Å². The minimum absolute atomic E-state index is 0.169. The molecule has 1 atom stereocenters. The molecule has 0 aliphatic carbocycles. The van der Waals surface area contributed by atoms with E-state index >= 15 is 0 Å². The van der Waals surface area contributed by atoms with Crippen molar-refractivity contribution in [3.8, 4) is 5.75 Å². The quantitative estimate of drug-likeness (QED) is 0.897. The van der Waals surface area contributed by atoms with Crippen LogP contribution < -0.4 is 10.1 Å². The number of aromatic nitrogens is 1. The Labute approximate surface area is 113 Å². The highest BCUT2D eigenvalue weighted by atomic mass is 16.5. The van der Waals surface area contributed by atoms with Crippen molar-refractivity contribution in [1.29, 1.82) is 0 Å². The standard InChI is InChI=1S/C15H20N2O2/c1-10-5-6-14(18-4)13(7-10)12(3)16-9-15-17-8-11(2)19-15/h5-8,12,16H,9H2,1-4H3/t12-/m0/s1. The normalized spacial score (nSPS) is 12.4. The van der Waals surface area contributed by atoms with E-state index in [4.69, 9.17) is 9.15 Å². The molecule has 0 bridgehead atoms. The summed E-state index contributed by atoms with van der Waals surface area (Å²) in [6.45, 7) is 6.68. The average molecular weight is 260 g/mol. The summed E-state index contributed by atoms with van der Waals surface area (Å²) in [5, 5.41) is 3.39. The maximum Gasteiger partial charge on any atom is 0.208 e. The maximum atomic E-state index is 5.45. The zero-order chi connectivity index (χ0) is 13.8. The van der Waals surface area contributed by atoms with Crippen molar-refractivity contribution in [3.05, 3.63) is 47.2 Å². The van der Waals surface area contributed by atoms with E-state index in [2.05, 4.69) is 30.2 Å². The lowest BCUT2D eigenvalue weighted by Gasteiger charge is -2.17. The molecule has 4 heteroatoms. The van der Waals surface area contributed by atoms with Crippen LogP contribution in [-0.4, -0.2) is 12.1 Å². The van der Waals surface area contributed by atoms with E-state index in [0.29, 0.717) is 12.4 Å². The first-order valence-corrected chi connectivity index (χ1v) is 6.39. The van der Waals surface area contributed by atoms with Gasteiger partial charge in [-0.3, -0.25) is 0 Å². The molecule has 0 unspecified atom stereocenters. The Morgan fingerprint density at radius 2 is 2.16 bits per heavy atom. The minimum Gasteiger partial charge on any atom is -0.496 e. The molecule has 4 nitrogen and oxygen atoms in total. The van der Waals surface area contributed by atoms with E-state index in [9.17, 15) is 0 Å². The van der Waals surface area contributed by atoms with Gasteiger partial charge in [-0.2, -0.15) is 0 Å². The fraction of sp³-hybridized carbons (Fsp3) is 0.400. The van der Waals surface area contributed by atoms with Gasteiger partial charge in [-0.1, -0.05) is 17.7 Å². The highest BCUT2D eigenvalue weighted by Gasteiger charge is 2.12. The maximum absolute atomic E-state index is 5.45. The molecule has 2 rings (SSSR count). The number of aryl methyl sites for hydroxylation is 2. The third-order valence-electron chi connectivity index (χ3n) is 3.08. The summed E-state index contributed by atoms with van der Waals surface area (Å²) < 4.78 is 10.8. The molecule has 2 aromatic rings. The Balaban J connectivity index is 2.06. The number of oxazole rings is 1. The number of ether oxygens (including phenoxy) is 1. The van der Waals surface area contributed by atoms with Crippen LogP contribution in [0.2, 0.25) is 0 Å². The second-order valence-electron chi connectivity index (χ2n) is 4.71. The molecule has 0 amide bonds. The first-order chi connectivity index (χ1) is 9.10. The van der Waals surface area contributed by atoms with Crippen LogP contribution in [0.25, 0.3) is 0 Å². The second-order valence-corrected chi connectivity index (χ2v) is 4.71. The predicted molar refractivity (Wildman–Crippen MR) is 74.2 cm³/mol. The summed E-state index contributed by atoms with van der Waals surface area (Å²) in [6.07, 6.45) is 1.73. The number of nitrogens with zero attached hydrogens (tertiary/aromatic N) is 1. The molecular weight excluding hydrogens is 240 g/mol. The molecule has 0 radical (unpaired) electrons. The Bertz CT molecular complexity index is 549.